The molecule has 0 saturated heterocycles. The third-order valence-electron chi connectivity index (χ3n) is 2.93. The number of nitrogens with two attached hydrogens (primary N) is 1. The van der Waals surface area contributed by atoms with Gasteiger partial charge in [-0.05, 0) is 17.7 Å². The highest BCUT2D eigenvalue weighted by Gasteiger charge is 2.10. The summed E-state index contributed by atoms with van der Waals surface area (Å²) in [5, 5.41) is 3.92. The van der Waals surface area contributed by atoms with Gasteiger partial charge >= 0.3 is 0 Å². The molecule has 4 heteroatoms. The molecule has 0 bridgehead atoms. The quantitative estimate of drug-likeness (QED) is 0.785. The maximum Gasteiger partial charge on any atom is 0.222 e. The number of aromatic nitrogens is 1. The van der Waals surface area contributed by atoms with Crippen LogP contribution in [0.4, 0.5) is 5.88 Å². The molecule has 0 atom stereocenters. The first-order valence-electron chi connectivity index (χ1n) is 6.31. The molecule has 0 unspecified atom stereocenters. The van der Waals surface area contributed by atoms with E-state index in [9.17, 15) is 0 Å². The van der Waals surface area contributed by atoms with Gasteiger partial charge in [-0.3, -0.25) is 0 Å². The van der Waals surface area contributed by atoms with Crippen LogP contribution in [0.5, 0.6) is 5.75 Å². The highest BCUT2D eigenvalue weighted by molar-refractivity contribution is 5.68. The number of anilines is 1. The van der Waals surface area contributed by atoms with Crippen LogP contribution in [0, 0.1) is 0 Å². The van der Waals surface area contributed by atoms with E-state index < -0.39 is 0 Å². The van der Waals surface area contributed by atoms with Gasteiger partial charge in [-0.15, -0.1) is 0 Å². The van der Waals surface area contributed by atoms with Crippen molar-refractivity contribution in [2.24, 2.45) is 0 Å². The summed E-state index contributed by atoms with van der Waals surface area (Å²) in [6, 6.07) is 19.4. The van der Waals surface area contributed by atoms with Crippen molar-refractivity contribution in [2.75, 3.05) is 5.73 Å². The van der Waals surface area contributed by atoms with Crippen molar-refractivity contribution in [3.8, 4) is 17.0 Å². The summed E-state index contributed by atoms with van der Waals surface area (Å²) < 4.78 is 10.8. The SMILES string of the molecule is Nc1cc(-c2ccccc2OCc2ccccc2)no1. The number of hydrogen-bond acceptors (Lipinski definition) is 4. The molecule has 0 aliphatic rings. The second kappa shape index (κ2) is 5.48. The first-order valence-corrected chi connectivity index (χ1v) is 6.31. The van der Waals surface area contributed by atoms with Gasteiger partial charge in [0, 0.05) is 11.6 Å². The lowest BCUT2D eigenvalue weighted by Gasteiger charge is -2.09. The van der Waals surface area contributed by atoms with Crippen LogP contribution in [-0.4, -0.2) is 5.16 Å². The lowest BCUT2D eigenvalue weighted by Crippen LogP contribution is -1.96. The van der Waals surface area contributed by atoms with Crippen LogP contribution in [0.1, 0.15) is 5.56 Å². The minimum Gasteiger partial charge on any atom is -0.488 e. The Labute approximate surface area is 116 Å². The van der Waals surface area contributed by atoms with Gasteiger partial charge in [-0.25, -0.2) is 0 Å². The molecule has 0 saturated carbocycles. The highest BCUT2D eigenvalue weighted by Crippen LogP contribution is 2.30. The van der Waals surface area contributed by atoms with Crippen LogP contribution in [0.3, 0.4) is 0 Å². The zero-order valence-corrected chi connectivity index (χ0v) is 10.8. The maximum atomic E-state index is 5.86. The molecule has 20 heavy (non-hydrogen) atoms. The Balaban J connectivity index is 1.83. The molecule has 1 heterocycles. The Morgan fingerprint density at radius 2 is 1.75 bits per heavy atom. The molecule has 0 spiro atoms. The molecule has 100 valence electrons. The number of benzene rings is 2. The van der Waals surface area contributed by atoms with Gasteiger partial charge in [0.15, 0.2) is 0 Å². The molecular formula is C16H14N2O2. The van der Waals surface area contributed by atoms with Crippen LogP contribution >= 0.6 is 0 Å². The van der Waals surface area contributed by atoms with Gasteiger partial charge in [0.2, 0.25) is 5.88 Å². The predicted octanol–water partition coefficient (Wildman–Crippen LogP) is 3.50. The molecule has 0 aliphatic heterocycles. The topological polar surface area (TPSA) is 61.3 Å². The highest BCUT2D eigenvalue weighted by atomic mass is 16.5. The summed E-state index contributed by atoms with van der Waals surface area (Å²) in [5.74, 6) is 1.04. The van der Waals surface area contributed by atoms with Crippen molar-refractivity contribution in [3.05, 3.63) is 66.2 Å². The Hall–Kier alpha value is -2.75. The molecule has 0 radical (unpaired) electrons. The molecule has 1 aromatic heterocycles. The molecular weight excluding hydrogens is 252 g/mol. The smallest absolute Gasteiger partial charge is 0.222 e. The largest absolute Gasteiger partial charge is 0.488 e. The van der Waals surface area contributed by atoms with E-state index in [-0.39, 0.29) is 5.88 Å². The van der Waals surface area contributed by atoms with Crippen LogP contribution in [0.2, 0.25) is 0 Å². The third kappa shape index (κ3) is 2.64. The van der Waals surface area contributed by atoms with E-state index >= 15 is 0 Å². The van der Waals surface area contributed by atoms with Crippen molar-refractivity contribution >= 4 is 5.88 Å². The van der Waals surface area contributed by atoms with E-state index in [4.69, 9.17) is 15.0 Å². The van der Waals surface area contributed by atoms with Gasteiger partial charge in [0.1, 0.15) is 18.1 Å². The van der Waals surface area contributed by atoms with E-state index in [2.05, 4.69) is 5.16 Å². The number of ether oxygens (including phenoxy) is 1. The minimum absolute atomic E-state index is 0.290. The van der Waals surface area contributed by atoms with Crippen LogP contribution in [-0.2, 0) is 6.61 Å². The molecule has 0 amide bonds. The number of hydrogen-bond donors (Lipinski definition) is 1. The number of nitrogens with zero attached hydrogens (tertiary/aromatic N) is 1. The Morgan fingerprint density at radius 3 is 2.50 bits per heavy atom. The Morgan fingerprint density at radius 1 is 1.00 bits per heavy atom. The maximum absolute atomic E-state index is 5.86. The fourth-order valence-corrected chi connectivity index (χ4v) is 1.96. The molecule has 4 nitrogen and oxygen atoms in total. The monoisotopic (exact) mass is 266 g/mol. The van der Waals surface area contributed by atoms with E-state index in [0.717, 1.165) is 16.9 Å². The lowest BCUT2D eigenvalue weighted by atomic mass is 10.1. The van der Waals surface area contributed by atoms with Crippen LogP contribution in [0.15, 0.2) is 65.2 Å². The summed E-state index contributed by atoms with van der Waals surface area (Å²) >= 11 is 0. The fourth-order valence-electron chi connectivity index (χ4n) is 1.96. The average molecular weight is 266 g/mol. The molecule has 3 aromatic rings. The molecule has 0 aliphatic carbocycles. The number of para-hydroxylation sites is 1. The van der Waals surface area contributed by atoms with Crippen LogP contribution < -0.4 is 10.5 Å². The van der Waals surface area contributed by atoms with Gasteiger partial charge in [-0.1, -0.05) is 47.6 Å². The van der Waals surface area contributed by atoms with Crippen molar-refractivity contribution < 1.29 is 9.26 Å². The van der Waals surface area contributed by atoms with E-state index in [1.54, 1.807) is 6.07 Å². The number of rotatable bonds is 4. The Bertz CT molecular complexity index is 692. The fraction of sp³-hybridized carbons (Fsp3) is 0.0625. The summed E-state index contributed by atoms with van der Waals surface area (Å²) in [7, 11) is 0. The lowest BCUT2D eigenvalue weighted by molar-refractivity contribution is 0.307. The molecule has 0 fully saturated rings. The average Bonchev–Trinajstić information content (AvgIpc) is 2.93. The summed E-state index contributed by atoms with van der Waals surface area (Å²) in [4.78, 5) is 0. The van der Waals surface area contributed by atoms with E-state index in [0.29, 0.717) is 12.3 Å². The molecule has 2 N–H and O–H groups in total. The minimum atomic E-state index is 0.290. The molecule has 3 rings (SSSR count). The summed E-state index contributed by atoms with van der Waals surface area (Å²) in [6.07, 6.45) is 0. The third-order valence-corrected chi connectivity index (χ3v) is 2.93. The van der Waals surface area contributed by atoms with Crippen molar-refractivity contribution in [1.82, 2.24) is 5.16 Å². The Kier molecular flexibility index (Phi) is 3.37. The van der Waals surface area contributed by atoms with Gasteiger partial charge in [0.25, 0.3) is 0 Å². The molecule has 2 aromatic carbocycles. The van der Waals surface area contributed by atoms with Crippen LogP contribution in [0.25, 0.3) is 11.3 Å². The van der Waals surface area contributed by atoms with Crippen molar-refractivity contribution in [2.45, 2.75) is 6.61 Å². The zero-order chi connectivity index (χ0) is 13.8. The standard InChI is InChI=1S/C16H14N2O2/c17-16-10-14(18-20-16)13-8-4-5-9-15(13)19-11-12-6-2-1-3-7-12/h1-10H,11,17H2. The second-order valence-corrected chi connectivity index (χ2v) is 4.38. The van der Waals surface area contributed by atoms with Crippen molar-refractivity contribution in [3.63, 3.8) is 0 Å². The summed E-state index contributed by atoms with van der Waals surface area (Å²) in [5.41, 5.74) is 8.21. The van der Waals surface area contributed by atoms with Crippen molar-refractivity contribution in [1.29, 1.82) is 0 Å². The second-order valence-electron chi connectivity index (χ2n) is 4.38. The summed E-state index contributed by atoms with van der Waals surface area (Å²) in [6.45, 7) is 0.505. The normalized spacial score (nSPS) is 10.4. The van der Waals surface area contributed by atoms with Gasteiger partial charge < -0.3 is 15.0 Å². The first-order chi connectivity index (χ1) is 9.83. The van der Waals surface area contributed by atoms with E-state index in [1.807, 2.05) is 54.6 Å². The first kappa shape index (κ1) is 12.3. The predicted molar refractivity (Wildman–Crippen MR) is 77.1 cm³/mol. The number of nitrogen functional groups attached to an aromatic ring is 1. The zero-order valence-electron chi connectivity index (χ0n) is 10.8. The van der Waals surface area contributed by atoms with E-state index in [1.165, 1.54) is 0 Å². The van der Waals surface area contributed by atoms with Gasteiger partial charge in [0.05, 0.1) is 0 Å². The van der Waals surface area contributed by atoms with Gasteiger partial charge in [-0.2, -0.15) is 0 Å².